The molecular weight excluding hydrogens is 283 g/mol. The molecule has 1 aliphatic heterocycles. The highest BCUT2D eigenvalue weighted by molar-refractivity contribution is 5.82. The highest BCUT2D eigenvalue weighted by Gasteiger charge is 2.37. The fraction of sp³-hybridized carbons (Fsp3) is 0.588. The van der Waals surface area contributed by atoms with Crippen LogP contribution in [0.15, 0.2) is 24.3 Å². The zero-order valence-electron chi connectivity index (χ0n) is 12.6. The van der Waals surface area contributed by atoms with Crippen molar-refractivity contribution in [3.8, 4) is 0 Å². The Morgan fingerprint density at radius 2 is 2.00 bits per heavy atom. The van der Waals surface area contributed by atoms with Crippen molar-refractivity contribution in [2.75, 3.05) is 13.1 Å². The molecule has 2 fully saturated rings. The number of nitrogens with one attached hydrogen (secondary N) is 2. The molecule has 0 unspecified atom stereocenters. The molecule has 2 aliphatic rings. The van der Waals surface area contributed by atoms with E-state index in [2.05, 4.69) is 10.6 Å². The Kier molecular flexibility index (Phi) is 4.45. The first kappa shape index (κ1) is 15.4. The Balaban J connectivity index is 1.67. The van der Waals surface area contributed by atoms with E-state index in [-0.39, 0.29) is 23.2 Å². The molecule has 2 atom stereocenters. The molecule has 1 aromatic carbocycles. The number of carbonyl (C=O) groups is 1. The van der Waals surface area contributed by atoms with Gasteiger partial charge in [0.15, 0.2) is 0 Å². The van der Waals surface area contributed by atoms with Gasteiger partial charge in [-0.05, 0) is 37.0 Å². The van der Waals surface area contributed by atoms with E-state index < -0.39 is 6.10 Å². The SMILES string of the molecule is O=C(NCC1(c2ccc(F)cc2)CCCC1)[C@@H]1C[C@@H](O)CN1. The van der Waals surface area contributed by atoms with Gasteiger partial charge in [0.2, 0.25) is 5.91 Å². The molecule has 0 aromatic heterocycles. The average molecular weight is 306 g/mol. The summed E-state index contributed by atoms with van der Waals surface area (Å²) in [5.74, 6) is -0.282. The van der Waals surface area contributed by atoms with Crippen molar-refractivity contribution in [1.29, 1.82) is 0 Å². The highest BCUT2D eigenvalue weighted by Crippen LogP contribution is 2.40. The largest absolute Gasteiger partial charge is 0.392 e. The first-order chi connectivity index (χ1) is 10.6. The normalized spacial score (nSPS) is 27.0. The van der Waals surface area contributed by atoms with Crippen LogP contribution in [0.25, 0.3) is 0 Å². The first-order valence-electron chi connectivity index (χ1n) is 8.04. The van der Waals surface area contributed by atoms with Crippen LogP contribution in [0.2, 0.25) is 0 Å². The molecule has 1 saturated heterocycles. The molecule has 5 heteroatoms. The number of aliphatic hydroxyl groups excluding tert-OH is 1. The van der Waals surface area contributed by atoms with Gasteiger partial charge in [0.05, 0.1) is 12.1 Å². The second-order valence-electron chi connectivity index (χ2n) is 6.56. The maximum Gasteiger partial charge on any atom is 0.237 e. The number of halogens is 1. The number of β-amino-alcohol motifs (C(OH)–C–C–N with tert-alkyl or cyclic N) is 1. The van der Waals surface area contributed by atoms with E-state index in [1.54, 1.807) is 0 Å². The summed E-state index contributed by atoms with van der Waals surface area (Å²) in [6.45, 7) is 1.05. The quantitative estimate of drug-likeness (QED) is 0.789. The van der Waals surface area contributed by atoms with Crippen LogP contribution in [0, 0.1) is 5.82 Å². The molecule has 0 spiro atoms. The van der Waals surface area contributed by atoms with E-state index in [0.717, 1.165) is 31.2 Å². The van der Waals surface area contributed by atoms with Gasteiger partial charge in [0.25, 0.3) is 0 Å². The predicted molar refractivity (Wildman–Crippen MR) is 82.0 cm³/mol. The van der Waals surface area contributed by atoms with Crippen molar-refractivity contribution in [1.82, 2.24) is 10.6 Å². The second-order valence-corrected chi connectivity index (χ2v) is 6.56. The van der Waals surface area contributed by atoms with Crippen LogP contribution >= 0.6 is 0 Å². The molecule has 1 saturated carbocycles. The Morgan fingerprint density at radius 1 is 1.32 bits per heavy atom. The summed E-state index contributed by atoms with van der Waals surface area (Å²) < 4.78 is 13.2. The molecule has 1 amide bonds. The Labute approximate surface area is 130 Å². The van der Waals surface area contributed by atoms with E-state index in [4.69, 9.17) is 0 Å². The van der Waals surface area contributed by atoms with Crippen molar-refractivity contribution in [2.45, 2.75) is 49.7 Å². The number of hydrogen-bond donors (Lipinski definition) is 3. The summed E-state index contributed by atoms with van der Waals surface area (Å²) >= 11 is 0. The molecule has 1 aromatic rings. The minimum Gasteiger partial charge on any atom is -0.392 e. The van der Waals surface area contributed by atoms with Crippen molar-refractivity contribution < 1.29 is 14.3 Å². The van der Waals surface area contributed by atoms with E-state index in [1.165, 1.54) is 12.1 Å². The molecule has 0 radical (unpaired) electrons. The molecule has 1 heterocycles. The molecule has 0 bridgehead atoms. The van der Waals surface area contributed by atoms with Gasteiger partial charge in [-0.1, -0.05) is 25.0 Å². The topological polar surface area (TPSA) is 61.4 Å². The third kappa shape index (κ3) is 3.15. The van der Waals surface area contributed by atoms with Crippen molar-refractivity contribution >= 4 is 5.91 Å². The minimum atomic E-state index is -0.437. The third-order valence-corrected chi connectivity index (χ3v) is 5.04. The summed E-state index contributed by atoms with van der Waals surface area (Å²) in [5, 5.41) is 15.6. The number of rotatable bonds is 4. The molecule has 1 aliphatic carbocycles. The molecule has 3 rings (SSSR count). The fourth-order valence-corrected chi connectivity index (χ4v) is 3.72. The molecule has 3 N–H and O–H groups in total. The molecule has 4 nitrogen and oxygen atoms in total. The Hall–Kier alpha value is -1.46. The van der Waals surface area contributed by atoms with Gasteiger partial charge in [-0.2, -0.15) is 0 Å². The predicted octanol–water partition coefficient (Wildman–Crippen LogP) is 1.48. The average Bonchev–Trinajstić information content (AvgIpc) is 3.15. The lowest BCUT2D eigenvalue weighted by Gasteiger charge is -2.30. The van der Waals surface area contributed by atoms with Crippen LogP contribution in [-0.2, 0) is 10.2 Å². The summed E-state index contributed by atoms with van der Waals surface area (Å²) in [5.41, 5.74) is 1.02. The van der Waals surface area contributed by atoms with Gasteiger partial charge in [-0.25, -0.2) is 4.39 Å². The van der Waals surface area contributed by atoms with Crippen molar-refractivity contribution in [2.24, 2.45) is 0 Å². The van der Waals surface area contributed by atoms with Gasteiger partial charge in [-0.15, -0.1) is 0 Å². The van der Waals surface area contributed by atoms with E-state index in [9.17, 15) is 14.3 Å². The van der Waals surface area contributed by atoms with Gasteiger partial charge < -0.3 is 15.7 Å². The van der Waals surface area contributed by atoms with Gasteiger partial charge in [-0.3, -0.25) is 4.79 Å². The van der Waals surface area contributed by atoms with E-state index in [0.29, 0.717) is 19.5 Å². The number of hydrogen-bond acceptors (Lipinski definition) is 3. The summed E-state index contributed by atoms with van der Waals surface area (Å²) in [6, 6.07) is 6.36. The lowest BCUT2D eigenvalue weighted by molar-refractivity contribution is -0.123. The highest BCUT2D eigenvalue weighted by atomic mass is 19.1. The lowest BCUT2D eigenvalue weighted by Crippen LogP contribution is -2.46. The third-order valence-electron chi connectivity index (χ3n) is 5.04. The summed E-state index contributed by atoms with van der Waals surface area (Å²) in [6.07, 6.45) is 4.32. The zero-order valence-corrected chi connectivity index (χ0v) is 12.6. The maximum atomic E-state index is 13.2. The first-order valence-corrected chi connectivity index (χ1v) is 8.04. The van der Waals surface area contributed by atoms with Crippen LogP contribution in [-0.4, -0.2) is 36.2 Å². The second kappa shape index (κ2) is 6.34. The van der Waals surface area contributed by atoms with Gasteiger partial charge in [0, 0.05) is 18.5 Å². The molecule has 120 valence electrons. The molecule has 22 heavy (non-hydrogen) atoms. The number of amides is 1. The lowest BCUT2D eigenvalue weighted by atomic mass is 9.78. The van der Waals surface area contributed by atoms with Gasteiger partial charge in [0.1, 0.15) is 5.82 Å². The Morgan fingerprint density at radius 3 is 2.59 bits per heavy atom. The van der Waals surface area contributed by atoms with E-state index >= 15 is 0 Å². The number of benzene rings is 1. The minimum absolute atomic E-state index is 0.0510. The monoisotopic (exact) mass is 306 g/mol. The summed E-state index contributed by atoms with van der Waals surface area (Å²) in [7, 11) is 0. The van der Waals surface area contributed by atoms with Crippen molar-refractivity contribution in [3.05, 3.63) is 35.6 Å². The standard InChI is InChI=1S/C17H23FN2O2/c18-13-5-3-12(4-6-13)17(7-1-2-8-17)11-20-16(22)15-9-14(21)10-19-15/h3-6,14-15,19,21H,1-2,7-11H2,(H,20,22)/t14-,15+/m1/s1. The van der Waals surface area contributed by atoms with Crippen LogP contribution in [0.4, 0.5) is 4.39 Å². The van der Waals surface area contributed by atoms with Crippen LogP contribution < -0.4 is 10.6 Å². The van der Waals surface area contributed by atoms with E-state index in [1.807, 2.05) is 12.1 Å². The smallest absolute Gasteiger partial charge is 0.237 e. The summed E-state index contributed by atoms with van der Waals surface area (Å²) in [4.78, 5) is 12.2. The fourth-order valence-electron chi connectivity index (χ4n) is 3.72. The van der Waals surface area contributed by atoms with Crippen molar-refractivity contribution in [3.63, 3.8) is 0 Å². The molecular formula is C17H23FN2O2. The Bertz CT molecular complexity index is 526. The van der Waals surface area contributed by atoms with Gasteiger partial charge >= 0.3 is 0 Å². The number of aliphatic hydroxyl groups is 1. The number of carbonyl (C=O) groups excluding carboxylic acids is 1. The van der Waals surface area contributed by atoms with Crippen LogP contribution in [0.3, 0.4) is 0 Å². The zero-order chi connectivity index (χ0) is 15.6. The van der Waals surface area contributed by atoms with Crippen LogP contribution in [0.5, 0.6) is 0 Å². The maximum absolute atomic E-state index is 13.2. The van der Waals surface area contributed by atoms with Crippen LogP contribution in [0.1, 0.15) is 37.7 Å².